The predicted octanol–water partition coefficient (Wildman–Crippen LogP) is 3.86. The molecule has 0 aliphatic heterocycles. The van der Waals surface area contributed by atoms with Crippen LogP contribution >= 0.6 is 11.6 Å². The zero-order valence-electron chi connectivity index (χ0n) is 8.53. The third kappa shape index (κ3) is 2.61. The lowest BCUT2D eigenvalue weighted by Crippen LogP contribution is -1.96. The van der Waals surface area contributed by atoms with Crippen LogP contribution in [-0.2, 0) is 6.42 Å². The summed E-state index contributed by atoms with van der Waals surface area (Å²) in [5.74, 6) is -0.366. The molecular weight excluding hydrogens is 201 g/mol. The minimum absolute atomic E-state index is 0.197. The van der Waals surface area contributed by atoms with Gasteiger partial charge in [0.2, 0.25) is 0 Å². The highest BCUT2D eigenvalue weighted by molar-refractivity contribution is 6.31. The van der Waals surface area contributed by atoms with E-state index in [1.807, 2.05) is 6.07 Å². The van der Waals surface area contributed by atoms with Gasteiger partial charge in [-0.05, 0) is 30.5 Å². The van der Waals surface area contributed by atoms with Crippen LogP contribution in [0, 0.1) is 5.82 Å². The molecule has 0 radical (unpaired) electrons. The van der Waals surface area contributed by atoms with E-state index < -0.39 is 0 Å². The van der Waals surface area contributed by atoms with E-state index in [9.17, 15) is 4.39 Å². The van der Waals surface area contributed by atoms with Gasteiger partial charge in [0, 0.05) is 7.05 Å². The van der Waals surface area contributed by atoms with Gasteiger partial charge in [0.05, 0.1) is 10.7 Å². The maximum absolute atomic E-state index is 13.3. The second-order valence-corrected chi connectivity index (χ2v) is 3.70. The van der Waals surface area contributed by atoms with Gasteiger partial charge in [-0.1, -0.05) is 24.9 Å². The monoisotopic (exact) mass is 215 g/mol. The highest BCUT2D eigenvalue weighted by atomic mass is 35.5. The molecule has 14 heavy (non-hydrogen) atoms. The lowest BCUT2D eigenvalue weighted by atomic mass is 10.1. The Hall–Kier alpha value is -0.760. The van der Waals surface area contributed by atoms with Gasteiger partial charge >= 0.3 is 0 Å². The second-order valence-electron chi connectivity index (χ2n) is 3.29. The average Bonchev–Trinajstić information content (AvgIpc) is 2.19. The smallest absolute Gasteiger partial charge is 0.164 e. The Balaban J connectivity index is 2.91. The first-order valence-corrected chi connectivity index (χ1v) is 5.22. The Morgan fingerprint density at radius 3 is 2.71 bits per heavy atom. The summed E-state index contributed by atoms with van der Waals surface area (Å²) in [5.41, 5.74) is 1.56. The fourth-order valence-corrected chi connectivity index (χ4v) is 1.59. The van der Waals surface area contributed by atoms with Crippen LogP contribution in [0.25, 0.3) is 0 Å². The van der Waals surface area contributed by atoms with E-state index in [0.29, 0.717) is 5.69 Å². The highest BCUT2D eigenvalue weighted by Gasteiger charge is 2.07. The Labute approximate surface area is 89.3 Å². The van der Waals surface area contributed by atoms with Crippen LogP contribution in [0.1, 0.15) is 25.3 Å². The summed E-state index contributed by atoms with van der Waals surface area (Å²) in [6.07, 6.45) is 3.18. The van der Waals surface area contributed by atoms with Crippen molar-refractivity contribution in [3.8, 4) is 0 Å². The van der Waals surface area contributed by atoms with Crippen LogP contribution in [-0.4, -0.2) is 7.05 Å². The molecule has 0 amide bonds. The van der Waals surface area contributed by atoms with Crippen LogP contribution in [0.2, 0.25) is 5.02 Å². The van der Waals surface area contributed by atoms with Crippen molar-refractivity contribution in [1.82, 2.24) is 0 Å². The number of aryl methyl sites for hydroxylation is 1. The first-order valence-electron chi connectivity index (χ1n) is 4.84. The number of nitrogens with one attached hydrogen (secondary N) is 1. The summed E-state index contributed by atoms with van der Waals surface area (Å²) in [5, 5.41) is 2.99. The molecule has 0 aliphatic carbocycles. The topological polar surface area (TPSA) is 12.0 Å². The van der Waals surface area contributed by atoms with Crippen molar-refractivity contribution >= 4 is 17.3 Å². The van der Waals surface area contributed by atoms with Crippen molar-refractivity contribution in [3.63, 3.8) is 0 Å². The third-order valence-electron chi connectivity index (χ3n) is 2.18. The maximum Gasteiger partial charge on any atom is 0.164 e. The van der Waals surface area contributed by atoms with E-state index >= 15 is 0 Å². The molecule has 1 nitrogen and oxygen atoms in total. The molecule has 0 saturated heterocycles. The van der Waals surface area contributed by atoms with Gasteiger partial charge in [0.15, 0.2) is 5.82 Å². The molecule has 0 atom stereocenters. The summed E-state index contributed by atoms with van der Waals surface area (Å²) < 4.78 is 13.3. The van der Waals surface area contributed by atoms with Gasteiger partial charge in [-0.3, -0.25) is 0 Å². The van der Waals surface area contributed by atoms with E-state index in [1.54, 1.807) is 13.1 Å². The molecule has 78 valence electrons. The zero-order valence-corrected chi connectivity index (χ0v) is 9.29. The van der Waals surface area contributed by atoms with Gasteiger partial charge in [-0.2, -0.15) is 0 Å². The van der Waals surface area contributed by atoms with Crippen LogP contribution in [0.15, 0.2) is 12.1 Å². The lowest BCUT2D eigenvalue weighted by Gasteiger charge is -2.07. The van der Waals surface area contributed by atoms with Gasteiger partial charge in [0.1, 0.15) is 0 Å². The zero-order chi connectivity index (χ0) is 10.6. The number of rotatable bonds is 4. The molecule has 1 aromatic carbocycles. The van der Waals surface area contributed by atoms with E-state index in [-0.39, 0.29) is 10.8 Å². The molecule has 0 aromatic heterocycles. The molecule has 1 aromatic rings. The molecule has 0 unspecified atom stereocenters. The number of anilines is 1. The van der Waals surface area contributed by atoms with Crippen molar-refractivity contribution in [2.45, 2.75) is 26.2 Å². The van der Waals surface area contributed by atoms with Crippen LogP contribution in [0.3, 0.4) is 0 Å². The molecule has 1 N–H and O–H groups in total. The van der Waals surface area contributed by atoms with Gasteiger partial charge in [-0.25, -0.2) is 4.39 Å². The van der Waals surface area contributed by atoms with E-state index in [0.717, 1.165) is 24.8 Å². The molecule has 1 rings (SSSR count). The first kappa shape index (κ1) is 11.3. The third-order valence-corrected chi connectivity index (χ3v) is 2.45. The molecular formula is C11H15ClFN. The van der Waals surface area contributed by atoms with E-state index in [4.69, 9.17) is 11.6 Å². The first-order chi connectivity index (χ1) is 6.69. The average molecular weight is 216 g/mol. The molecule has 0 spiro atoms. The largest absolute Gasteiger partial charge is 0.386 e. The van der Waals surface area contributed by atoms with Crippen molar-refractivity contribution in [2.75, 3.05) is 12.4 Å². The summed E-state index contributed by atoms with van der Waals surface area (Å²) in [6.45, 7) is 2.13. The standard InChI is InChI=1S/C11H15ClFN/c1-3-4-5-8-6-9(12)11(13)10(7-8)14-2/h6-7,14H,3-5H2,1-2H3. The Morgan fingerprint density at radius 1 is 1.43 bits per heavy atom. The van der Waals surface area contributed by atoms with Crippen LogP contribution in [0.4, 0.5) is 10.1 Å². The van der Waals surface area contributed by atoms with Crippen molar-refractivity contribution in [1.29, 1.82) is 0 Å². The second kappa shape index (κ2) is 5.20. The van der Waals surface area contributed by atoms with Crippen LogP contribution in [0.5, 0.6) is 0 Å². The summed E-state index contributed by atoms with van der Waals surface area (Å²) in [6, 6.07) is 3.52. The number of hydrogen-bond donors (Lipinski definition) is 1. The maximum atomic E-state index is 13.3. The lowest BCUT2D eigenvalue weighted by molar-refractivity contribution is 0.630. The van der Waals surface area contributed by atoms with Crippen molar-refractivity contribution in [3.05, 3.63) is 28.5 Å². The fourth-order valence-electron chi connectivity index (χ4n) is 1.35. The number of benzene rings is 1. The van der Waals surface area contributed by atoms with E-state index in [1.165, 1.54) is 0 Å². The van der Waals surface area contributed by atoms with Crippen molar-refractivity contribution in [2.24, 2.45) is 0 Å². The summed E-state index contributed by atoms with van der Waals surface area (Å²) >= 11 is 5.76. The SMILES string of the molecule is CCCCc1cc(Cl)c(F)c(NC)c1. The molecule has 0 aliphatic rings. The molecule has 3 heteroatoms. The number of unbranched alkanes of at least 4 members (excludes halogenated alkanes) is 1. The van der Waals surface area contributed by atoms with Gasteiger partial charge in [-0.15, -0.1) is 0 Å². The molecule has 0 saturated carbocycles. The highest BCUT2D eigenvalue weighted by Crippen LogP contribution is 2.25. The fraction of sp³-hybridized carbons (Fsp3) is 0.455. The Bertz CT molecular complexity index is 312. The van der Waals surface area contributed by atoms with Gasteiger partial charge < -0.3 is 5.32 Å². The quantitative estimate of drug-likeness (QED) is 0.804. The Kier molecular flexibility index (Phi) is 4.21. The molecule has 0 bridgehead atoms. The van der Waals surface area contributed by atoms with E-state index in [2.05, 4.69) is 12.2 Å². The summed E-state index contributed by atoms with van der Waals surface area (Å²) in [4.78, 5) is 0. The molecule has 0 heterocycles. The summed E-state index contributed by atoms with van der Waals surface area (Å²) in [7, 11) is 1.69. The number of halogens is 2. The minimum atomic E-state index is -0.366. The van der Waals surface area contributed by atoms with Crippen molar-refractivity contribution < 1.29 is 4.39 Å². The number of hydrogen-bond acceptors (Lipinski definition) is 1. The van der Waals surface area contributed by atoms with Gasteiger partial charge in [0.25, 0.3) is 0 Å². The Morgan fingerprint density at radius 2 is 2.14 bits per heavy atom. The normalized spacial score (nSPS) is 10.3. The minimum Gasteiger partial charge on any atom is -0.386 e. The molecule has 0 fully saturated rings. The predicted molar refractivity (Wildman–Crippen MR) is 59.6 cm³/mol. The van der Waals surface area contributed by atoms with Crippen LogP contribution < -0.4 is 5.32 Å².